The Balaban J connectivity index is 1.43. The van der Waals surface area contributed by atoms with E-state index in [9.17, 15) is 14.4 Å². The van der Waals surface area contributed by atoms with Gasteiger partial charge in [0.1, 0.15) is 0 Å². The molecule has 0 aliphatic carbocycles. The van der Waals surface area contributed by atoms with Gasteiger partial charge in [-0.15, -0.1) is 0 Å². The number of nitrogens with one attached hydrogen (secondary N) is 2. The second kappa shape index (κ2) is 9.56. The van der Waals surface area contributed by atoms with E-state index >= 15 is 0 Å². The summed E-state index contributed by atoms with van der Waals surface area (Å²) in [7, 11) is 0. The molecule has 0 spiro atoms. The number of carbonyl (C=O) groups is 3. The maximum Gasteiger partial charge on any atom is 0.251 e. The van der Waals surface area contributed by atoms with Gasteiger partial charge in [-0.3, -0.25) is 14.4 Å². The molecule has 0 radical (unpaired) electrons. The normalized spacial score (nSPS) is 13.4. The molecule has 152 valence electrons. The van der Waals surface area contributed by atoms with Crippen molar-refractivity contribution in [3.05, 3.63) is 58.6 Å². The van der Waals surface area contributed by atoms with E-state index in [0.29, 0.717) is 42.1 Å². The van der Waals surface area contributed by atoms with Gasteiger partial charge in [0.15, 0.2) is 0 Å². The largest absolute Gasteiger partial charge is 0.352 e. The summed E-state index contributed by atoms with van der Waals surface area (Å²) in [4.78, 5) is 37.9. The molecule has 6 nitrogen and oxygen atoms in total. The predicted molar refractivity (Wildman–Crippen MR) is 114 cm³/mol. The molecule has 3 amide bonds. The first-order valence-electron chi connectivity index (χ1n) is 9.68. The van der Waals surface area contributed by atoms with Crippen LogP contribution in [0.5, 0.6) is 0 Å². The number of anilines is 2. The molecule has 2 N–H and O–H groups in total. The van der Waals surface area contributed by atoms with Crippen LogP contribution >= 0.6 is 11.6 Å². The van der Waals surface area contributed by atoms with E-state index in [4.69, 9.17) is 11.6 Å². The van der Waals surface area contributed by atoms with Crippen LogP contribution in [0.3, 0.4) is 0 Å². The second-order valence-corrected chi connectivity index (χ2v) is 7.50. The predicted octanol–water partition coefficient (Wildman–Crippen LogP) is 3.92. The fraction of sp³-hybridized carbons (Fsp3) is 0.318. The number of hydrogen-bond donors (Lipinski definition) is 2. The highest BCUT2D eigenvalue weighted by atomic mass is 35.5. The van der Waals surface area contributed by atoms with Crippen LogP contribution in [0, 0.1) is 6.92 Å². The van der Waals surface area contributed by atoms with Crippen molar-refractivity contribution in [3.63, 3.8) is 0 Å². The van der Waals surface area contributed by atoms with Gasteiger partial charge in [-0.1, -0.05) is 11.6 Å². The first-order chi connectivity index (χ1) is 13.9. The molecule has 0 unspecified atom stereocenters. The Morgan fingerprint density at radius 1 is 1.14 bits per heavy atom. The Bertz CT molecular complexity index is 912. The average molecular weight is 414 g/mol. The standard InChI is InChI=1S/C22H24ClN3O3/c1-15-14-18(10-11-19(15)26-13-3-5-21(26)28)25-20(27)4-2-12-24-22(29)16-6-8-17(23)9-7-16/h6-11,14H,2-5,12-13H2,1H3,(H,24,29)(H,25,27). The number of carbonyl (C=O) groups excluding carboxylic acids is 3. The molecule has 0 aromatic heterocycles. The van der Waals surface area contributed by atoms with Crippen molar-refractivity contribution in [2.45, 2.75) is 32.6 Å². The van der Waals surface area contributed by atoms with Gasteiger partial charge in [-0.2, -0.15) is 0 Å². The molecule has 2 aromatic carbocycles. The van der Waals surface area contributed by atoms with Crippen molar-refractivity contribution in [1.82, 2.24) is 5.32 Å². The maximum atomic E-state index is 12.2. The molecule has 0 atom stereocenters. The lowest BCUT2D eigenvalue weighted by Crippen LogP contribution is -2.25. The quantitative estimate of drug-likeness (QED) is 0.675. The van der Waals surface area contributed by atoms with Crippen LogP contribution in [0.25, 0.3) is 0 Å². The fourth-order valence-electron chi connectivity index (χ4n) is 3.32. The van der Waals surface area contributed by atoms with Crippen molar-refractivity contribution in [3.8, 4) is 0 Å². The summed E-state index contributed by atoms with van der Waals surface area (Å²) in [6.07, 6.45) is 2.30. The highest BCUT2D eigenvalue weighted by Gasteiger charge is 2.23. The SMILES string of the molecule is Cc1cc(NC(=O)CCCNC(=O)c2ccc(Cl)cc2)ccc1N1CCCC1=O. The van der Waals surface area contributed by atoms with Gasteiger partial charge in [-0.25, -0.2) is 0 Å². The number of halogens is 1. The molecular formula is C22H24ClN3O3. The van der Waals surface area contributed by atoms with E-state index < -0.39 is 0 Å². The van der Waals surface area contributed by atoms with Gasteiger partial charge < -0.3 is 15.5 Å². The molecule has 1 heterocycles. The van der Waals surface area contributed by atoms with Gasteiger partial charge >= 0.3 is 0 Å². The smallest absolute Gasteiger partial charge is 0.251 e. The molecule has 0 bridgehead atoms. The van der Waals surface area contributed by atoms with Crippen LogP contribution in [-0.4, -0.2) is 30.8 Å². The Hall–Kier alpha value is -2.86. The number of benzene rings is 2. The van der Waals surface area contributed by atoms with Crippen molar-refractivity contribution in [1.29, 1.82) is 0 Å². The molecule has 1 fully saturated rings. The lowest BCUT2D eigenvalue weighted by atomic mass is 10.1. The first kappa shape index (κ1) is 20.9. The summed E-state index contributed by atoms with van der Waals surface area (Å²) < 4.78 is 0. The van der Waals surface area contributed by atoms with Crippen LogP contribution in [0.4, 0.5) is 11.4 Å². The lowest BCUT2D eigenvalue weighted by molar-refractivity contribution is -0.117. The number of rotatable bonds is 7. The van der Waals surface area contributed by atoms with Crippen LogP contribution < -0.4 is 15.5 Å². The highest BCUT2D eigenvalue weighted by molar-refractivity contribution is 6.30. The molecule has 3 rings (SSSR count). The van der Waals surface area contributed by atoms with Crippen molar-refractivity contribution in [2.75, 3.05) is 23.3 Å². The molecule has 1 aliphatic rings. The zero-order valence-corrected chi connectivity index (χ0v) is 17.1. The Labute approximate surface area is 175 Å². The first-order valence-corrected chi connectivity index (χ1v) is 10.1. The summed E-state index contributed by atoms with van der Waals surface area (Å²) in [5, 5.41) is 6.24. The van der Waals surface area contributed by atoms with Gasteiger partial charge in [0.2, 0.25) is 11.8 Å². The highest BCUT2D eigenvalue weighted by Crippen LogP contribution is 2.27. The molecule has 0 saturated carbocycles. The van der Waals surface area contributed by atoms with Crippen molar-refractivity contribution < 1.29 is 14.4 Å². The monoisotopic (exact) mass is 413 g/mol. The van der Waals surface area contributed by atoms with E-state index in [1.807, 2.05) is 25.1 Å². The molecule has 29 heavy (non-hydrogen) atoms. The Morgan fingerprint density at radius 3 is 2.55 bits per heavy atom. The van der Waals surface area contributed by atoms with Crippen LogP contribution in [0.15, 0.2) is 42.5 Å². The van der Waals surface area contributed by atoms with E-state index in [1.165, 1.54) is 0 Å². The minimum absolute atomic E-state index is 0.116. The number of hydrogen-bond acceptors (Lipinski definition) is 3. The molecule has 1 saturated heterocycles. The fourth-order valence-corrected chi connectivity index (χ4v) is 3.44. The average Bonchev–Trinajstić information content (AvgIpc) is 3.11. The minimum atomic E-state index is -0.190. The third-order valence-electron chi connectivity index (χ3n) is 4.82. The number of amides is 3. The molecule has 1 aliphatic heterocycles. The van der Waals surface area contributed by atoms with Crippen molar-refractivity contribution >= 4 is 40.7 Å². The van der Waals surface area contributed by atoms with Gasteiger partial charge in [0.05, 0.1) is 0 Å². The summed E-state index contributed by atoms with van der Waals surface area (Å²) >= 11 is 5.81. The Morgan fingerprint density at radius 2 is 1.90 bits per heavy atom. The van der Waals surface area contributed by atoms with E-state index in [-0.39, 0.29) is 17.7 Å². The Kier molecular flexibility index (Phi) is 6.88. The van der Waals surface area contributed by atoms with E-state index in [0.717, 1.165) is 24.2 Å². The van der Waals surface area contributed by atoms with Crippen molar-refractivity contribution in [2.24, 2.45) is 0 Å². The summed E-state index contributed by atoms with van der Waals surface area (Å²) in [6, 6.07) is 12.2. The third-order valence-corrected chi connectivity index (χ3v) is 5.07. The van der Waals surface area contributed by atoms with Crippen LogP contribution in [0.2, 0.25) is 5.02 Å². The zero-order chi connectivity index (χ0) is 20.8. The van der Waals surface area contributed by atoms with E-state index in [2.05, 4.69) is 10.6 Å². The molecular weight excluding hydrogens is 390 g/mol. The van der Waals surface area contributed by atoms with Gasteiger partial charge in [0, 0.05) is 47.9 Å². The molecule has 2 aromatic rings. The topological polar surface area (TPSA) is 78.5 Å². The summed E-state index contributed by atoms with van der Waals surface area (Å²) in [5.74, 6) is -0.162. The summed E-state index contributed by atoms with van der Waals surface area (Å²) in [5.41, 5.74) is 3.09. The number of nitrogens with zero attached hydrogens (tertiary/aromatic N) is 1. The van der Waals surface area contributed by atoms with Crippen LogP contribution in [-0.2, 0) is 9.59 Å². The number of aryl methyl sites for hydroxylation is 1. The lowest BCUT2D eigenvalue weighted by Gasteiger charge is -2.19. The molecule has 7 heteroatoms. The van der Waals surface area contributed by atoms with E-state index in [1.54, 1.807) is 29.2 Å². The third kappa shape index (κ3) is 5.57. The maximum absolute atomic E-state index is 12.2. The minimum Gasteiger partial charge on any atom is -0.352 e. The zero-order valence-electron chi connectivity index (χ0n) is 16.3. The van der Waals surface area contributed by atoms with Crippen LogP contribution in [0.1, 0.15) is 41.6 Å². The second-order valence-electron chi connectivity index (χ2n) is 7.06. The summed E-state index contributed by atoms with van der Waals surface area (Å²) in [6.45, 7) is 3.08. The van der Waals surface area contributed by atoms with Gasteiger partial charge in [0.25, 0.3) is 5.91 Å². The van der Waals surface area contributed by atoms with Gasteiger partial charge in [-0.05, 0) is 67.8 Å².